The molecule has 0 spiro atoms. The Balaban J connectivity index is 2.48. The predicted octanol–water partition coefficient (Wildman–Crippen LogP) is 2.36. The summed E-state index contributed by atoms with van der Waals surface area (Å²) in [5, 5.41) is 0. The summed E-state index contributed by atoms with van der Waals surface area (Å²) in [6.07, 6.45) is 0. The van der Waals surface area contributed by atoms with Gasteiger partial charge in [0.25, 0.3) is 0 Å². The molecule has 2 aromatic rings. The van der Waals surface area contributed by atoms with Crippen LogP contribution in [0, 0.1) is 4.91 Å². The summed E-state index contributed by atoms with van der Waals surface area (Å²) in [4.78, 5) is 13.9. The van der Waals surface area contributed by atoms with Gasteiger partial charge < -0.3 is 0 Å². The van der Waals surface area contributed by atoms with Gasteiger partial charge in [-0.05, 0) is 24.3 Å². The molecule has 0 amide bonds. The largest absolute Gasteiger partial charge is 0.410 e. The van der Waals surface area contributed by atoms with Crippen LogP contribution in [0.2, 0.25) is 0 Å². The van der Waals surface area contributed by atoms with E-state index in [1.165, 1.54) is 0 Å². The lowest BCUT2D eigenvalue weighted by Crippen LogP contribution is -2.05. The zero-order valence-electron chi connectivity index (χ0n) is 8.13. The molecule has 15 heavy (non-hydrogen) atoms. The van der Waals surface area contributed by atoms with E-state index >= 15 is 0 Å². The Labute approximate surface area is 87.9 Å². The van der Waals surface area contributed by atoms with Gasteiger partial charge in [-0.2, -0.15) is 0 Å². The van der Waals surface area contributed by atoms with Crippen LogP contribution in [0.1, 0.15) is 11.1 Å². The first-order chi connectivity index (χ1) is 7.42. The summed E-state index contributed by atoms with van der Waals surface area (Å²) in [6, 6.07) is 18.9. The first-order valence-corrected chi connectivity index (χ1v) is 4.73. The highest BCUT2D eigenvalue weighted by molar-refractivity contribution is 6.11. The van der Waals surface area contributed by atoms with E-state index < -0.39 is 0 Å². The molecule has 2 heteroatoms. The van der Waals surface area contributed by atoms with E-state index in [1.807, 2.05) is 60.7 Å². The molecule has 0 aliphatic heterocycles. The fraction of sp³-hybridized carbons (Fsp3) is 0. The summed E-state index contributed by atoms with van der Waals surface area (Å²) >= 11 is 0. The number of hydrogen-bond donors (Lipinski definition) is 0. The van der Waals surface area contributed by atoms with E-state index in [2.05, 4.69) is 4.85 Å². The van der Waals surface area contributed by atoms with Crippen molar-refractivity contribution in [1.82, 2.24) is 4.85 Å². The maximum absolute atomic E-state index is 10.8. The summed E-state index contributed by atoms with van der Waals surface area (Å²) < 4.78 is 0. The van der Waals surface area contributed by atoms with Gasteiger partial charge in [-0.25, -0.2) is 0 Å². The molecule has 72 valence electrons. The maximum Gasteiger partial charge on any atom is 0.410 e. The summed E-state index contributed by atoms with van der Waals surface area (Å²) in [7, 11) is 0. The highest BCUT2D eigenvalue weighted by atomic mass is 16.2. The maximum atomic E-state index is 10.8. The van der Waals surface area contributed by atoms with Crippen LogP contribution < -0.4 is 4.85 Å². The molecule has 0 bridgehead atoms. The molecule has 0 aliphatic rings. The van der Waals surface area contributed by atoms with Crippen LogP contribution in [0.3, 0.4) is 0 Å². The number of benzene rings is 2. The van der Waals surface area contributed by atoms with E-state index in [0.29, 0.717) is 5.71 Å². The minimum Gasteiger partial charge on any atom is -0.0622 e. The van der Waals surface area contributed by atoms with Crippen molar-refractivity contribution in [3.05, 3.63) is 76.7 Å². The quantitative estimate of drug-likeness (QED) is 0.536. The molecule has 0 aliphatic carbocycles. The third-order valence-corrected chi connectivity index (χ3v) is 2.19. The van der Waals surface area contributed by atoms with Gasteiger partial charge in [0.05, 0.1) is 11.1 Å². The second-order valence-corrected chi connectivity index (χ2v) is 3.17. The van der Waals surface area contributed by atoms with E-state index in [1.54, 1.807) is 0 Å². The Morgan fingerprint density at radius 2 is 1.13 bits per heavy atom. The van der Waals surface area contributed by atoms with Gasteiger partial charge in [-0.3, -0.25) is 0 Å². The van der Waals surface area contributed by atoms with E-state index in [-0.39, 0.29) is 0 Å². The predicted molar refractivity (Wildman–Crippen MR) is 61.6 cm³/mol. The highest BCUT2D eigenvalue weighted by Gasteiger charge is 2.18. The van der Waals surface area contributed by atoms with Crippen LogP contribution in [0.15, 0.2) is 60.7 Å². The fourth-order valence-corrected chi connectivity index (χ4v) is 1.46. The molecule has 2 nitrogen and oxygen atoms in total. The van der Waals surface area contributed by atoms with Crippen molar-refractivity contribution in [3.63, 3.8) is 0 Å². The van der Waals surface area contributed by atoms with Crippen molar-refractivity contribution >= 4 is 5.71 Å². The number of rotatable bonds is 2. The number of nitrogens with zero attached hydrogens (tertiary/aromatic N) is 1. The SMILES string of the molecule is O=[N+]=C(c1ccccc1)c1ccccc1. The zero-order chi connectivity index (χ0) is 10.5. The van der Waals surface area contributed by atoms with Gasteiger partial charge in [-0.15, -0.1) is 0 Å². The molecule has 0 unspecified atom stereocenters. The van der Waals surface area contributed by atoms with Gasteiger partial charge in [0.15, 0.2) is 4.91 Å². The van der Waals surface area contributed by atoms with Crippen LogP contribution in [-0.2, 0) is 0 Å². The first-order valence-electron chi connectivity index (χ1n) is 4.73. The smallest absolute Gasteiger partial charge is 0.0622 e. The van der Waals surface area contributed by atoms with E-state index in [4.69, 9.17) is 0 Å². The Bertz CT molecular complexity index is 443. The lowest BCUT2D eigenvalue weighted by atomic mass is 10.0. The second kappa shape index (κ2) is 4.36. The van der Waals surface area contributed by atoms with Crippen molar-refractivity contribution in [2.24, 2.45) is 0 Å². The molecule has 2 rings (SSSR count). The first kappa shape index (κ1) is 9.38. The molecule has 0 atom stereocenters. The van der Waals surface area contributed by atoms with Crippen LogP contribution >= 0.6 is 0 Å². The molecule has 0 radical (unpaired) electrons. The van der Waals surface area contributed by atoms with Crippen LogP contribution in [0.4, 0.5) is 0 Å². The minimum absolute atomic E-state index is 0.483. The Kier molecular flexibility index (Phi) is 2.72. The van der Waals surface area contributed by atoms with Gasteiger partial charge in [0.1, 0.15) is 0 Å². The molecule has 0 saturated heterocycles. The average Bonchev–Trinajstić information content (AvgIpc) is 2.33. The molecule has 2 aromatic carbocycles. The second-order valence-electron chi connectivity index (χ2n) is 3.17. The third kappa shape index (κ3) is 2.01. The lowest BCUT2D eigenvalue weighted by Gasteiger charge is -1.92. The molecule has 0 saturated carbocycles. The molecular weight excluding hydrogens is 186 g/mol. The number of nitroso groups, excluding NO2 is 1. The number of hydrogen-bond acceptors (Lipinski definition) is 1. The Morgan fingerprint density at radius 3 is 1.47 bits per heavy atom. The molecule has 0 aromatic heterocycles. The standard InChI is InChI=1S/C13H10NO/c15-14-13(11-7-3-1-4-8-11)12-9-5-2-6-10-12/h1-10H/q+1. The monoisotopic (exact) mass is 196 g/mol. The molecule has 0 fully saturated rings. The summed E-state index contributed by atoms with van der Waals surface area (Å²) in [5.74, 6) is 0. The third-order valence-electron chi connectivity index (χ3n) is 2.19. The Morgan fingerprint density at radius 1 is 0.733 bits per heavy atom. The van der Waals surface area contributed by atoms with Crippen molar-refractivity contribution in [2.75, 3.05) is 0 Å². The van der Waals surface area contributed by atoms with Gasteiger partial charge in [-0.1, -0.05) is 36.4 Å². The van der Waals surface area contributed by atoms with Crippen LogP contribution in [-0.4, -0.2) is 5.71 Å². The van der Waals surface area contributed by atoms with Gasteiger partial charge >= 0.3 is 5.71 Å². The topological polar surface area (TPSA) is 31.2 Å². The summed E-state index contributed by atoms with van der Waals surface area (Å²) in [6.45, 7) is 0. The van der Waals surface area contributed by atoms with Crippen LogP contribution in [0.25, 0.3) is 0 Å². The lowest BCUT2D eigenvalue weighted by molar-refractivity contribution is 1.50. The zero-order valence-corrected chi connectivity index (χ0v) is 8.13. The summed E-state index contributed by atoms with van der Waals surface area (Å²) in [5.41, 5.74) is 2.17. The Hall–Kier alpha value is -2.18. The van der Waals surface area contributed by atoms with E-state index in [0.717, 1.165) is 11.1 Å². The van der Waals surface area contributed by atoms with Gasteiger partial charge in [0, 0.05) is 0 Å². The van der Waals surface area contributed by atoms with Crippen LogP contribution in [0.5, 0.6) is 0 Å². The normalized spacial score (nSPS) is 9.33. The van der Waals surface area contributed by atoms with Crippen molar-refractivity contribution in [1.29, 1.82) is 0 Å². The molecule has 0 heterocycles. The van der Waals surface area contributed by atoms with Crippen molar-refractivity contribution < 1.29 is 0 Å². The van der Waals surface area contributed by atoms with Crippen molar-refractivity contribution in [3.8, 4) is 0 Å². The van der Waals surface area contributed by atoms with Gasteiger partial charge in [0.2, 0.25) is 4.85 Å². The van der Waals surface area contributed by atoms with Crippen molar-refractivity contribution in [2.45, 2.75) is 0 Å². The average molecular weight is 196 g/mol. The highest BCUT2D eigenvalue weighted by Crippen LogP contribution is 2.07. The van der Waals surface area contributed by atoms with E-state index in [9.17, 15) is 4.91 Å². The minimum atomic E-state index is 0.483. The molecule has 0 N–H and O–H groups in total. The molecular formula is C13H10NO+. The fourth-order valence-electron chi connectivity index (χ4n) is 1.46.